The van der Waals surface area contributed by atoms with Crippen LogP contribution in [0.3, 0.4) is 0 Å². The number of aromatic nitrogens is 3. The van der Waals surface area contributed by atoms with Gasteiger partial charge in [0.1, 0.15) is 16.6 Å². The largest absolute Gasteiger partial charge is 0.503 e. The molecule has 34 heavy (non-hydrogen) atoms. The Morgan fingerprint density at radius 1 is 1.29 bits per heavy atom. The van der Waals surface area contributed by atoms with E-state index in [1.807, 2.05) is 13.8 Å². The number of nitrogens with zero attached hydrogens (tertiary/aromatic N) is 4. The second-order valence-electron chi connectivity index (χ2n) is 8.21. The summed E-state index contributed by atoms with van der Waals surface area (Å²) in [5, 5.41) is 19.5. The van der Waals surface area contributed by atoms with Crippen LogP contribution in [0.25, 0.3) is 10.6 Å². The molecule has 4 rings (SSSR count). The van der Waals surface area contributed by atoms with E-state index in [9.17, 15) is 23.5 Å². The van der Waals surface area contributed by atoms with Gasteiger partial charge in [0.15, 0.2) is 16.5 Å². The second kappa shape index (κ2) is 9.59. The van der Waals surface area contributed by atoms with Crippen molar-refractivity contribution in [2.24, 2.45) is 0 Å². The zero-order valence-electron chi connectivity index (χ0n) is 18.9. The number of methoxy groups -OCH3 is 1. The van der Waals surface area contributed by atoms with E-state index < -0.39 is 28.7 Å². The Balaban J connectivity index is 1.74. The summed E-state index contributed by atoms with van der Waals surface area (Å²) in [6.45, 7) is 4.49. The first kappa shape index (κ1) is 24.0. The van der Waals surface area contributed by atoms with Gasteiger partial charge in [0, 0.05) is 38.4 Å². The predicted molar refractivity (Wildman–Crippen MR) is 122 cm³/mol. The number of carbonyl (C=O) groups excluding carboxylic acids is 1. The Kier molecular flexibility index (Phi) is 6.76. The number of rotatable bonds is 7. The summed E-state index contributed by atoms with van der Waals surface area (Å²) in [7, 11) is 1.54. The molecule has 11 heteroatoms. The number of aromatic hydroxyl groups is 1. The third-order valence-corrected chi connectivity index (χ3v) is 6.97. The van der Waals surface area contributed by atoms with Crippen LogP contribution in [0.15, 0.2) is 29.2 Å². The monoisotopic (exact) mass is 490 g/mol. The molecule has 2 atom stereocenters. The molecule has 0 saturated heterocycles. The smallest absolute Gasteiger partial charge is 0.274 e. The molecule has 0 unspecified atom stereocenters. The molecule has 8 nitrogen and oxygen atoms in total. The standard InChI is InChI=1S/C23H24F2N4O4S/c1-4-12(2)28-9-15(11-33-3)29-10-16(20(30)21(31)19(29)23(28)32)22-27-26-18(34-22)7-13-5-6-14(24)8-17(13)25/h5-6,8,10,12,15,31H,4,7,9,11H2,1-3H3/t12-,15-/m1/s1. The van der Waals surface area contributed by atoms with Crippen LogP contribution in [0.5, 0.6) is 5.75 Å². The summed E-state index contributed by atoms with van der Waals surface area (Å²) in [5.74, 6) is -2.45. The minimum absolute atomic E-state index is 0.0662. The van der Waals surface area contributed by atoms with Crippen LogP contribution in [-0.4, -0.2) is 57.0 Å². The number of halogens is 2. The molecule has 0 aliphatic carbocycles. The third-order valence-electron chi connectivity index (χ3n) is 6.01. The van der Waals surface area contributed by atoms with Crippen molar-refractivity contribution in [2.75, 3.05) is 20.3 Å². The summed E-state index contributed by atoms with van der Waals surface area (Å²) >= 11 is 1.06. The first-order chi connectivity index (χ1) is 16.2. The molecule has 0 fully saturated rings. The van der Waals surface area contributed by atoms with Gasteiger partial charge in [-0.1, -0.05) is 24.3 Å². The highest BCUT2D eigenvalue weighted by Gasteiger charge is 2.36. The van der Waals surface area contributed by atoms with Crippen LogP contribution in [-0.2, 0) is 11.2 Å². The van der Waals surface area contributed by atoms with Crippen LogP contribution in [0, 0.1) is 11.6 Å². The minimum Gasteiger partial charge on any atom is -0.503 e. The first-order valence-electron chi connectivity index (χ1n) is 10.8. The number of ether oxygens (including phenoxy) is 1. The number of fused-ring (bicyclic) bond motifs is 1. The van der Waals surface area contributed by atoms with E-state index >= 15 is 0 Å². The predicted octanol–water partition coefficient (Wildman–Crippen LogP) is 3.38. The zero-order valence-corrected chi connectivity index (χ0v) is 19.7. The lowest BCUT2D eigenvalue weighted by molar-refractivity contribution is 0.0488. The maximum absolute atomic E-state index is 14.0. The average molecular weight is 491 g/mol. The van der Waals surface area contributed by atoms with E-state index in [-0.39, 0.29) is 46.9 Å². The number of pyridine rings is 1. The summed E-state index contributed by atoms with van der Waals surface area (Å²) in [6, 6.07) is 2.88. The highest BCUT2D eigenvalue weighted by Crippen LogP contribution is 2.32. The Morgan fingerprint density at radius 3 is 2.74 bits per heavy atom. The molecule has 1 aliphatic rings. The third kappa shape index (κ3) is 4.32. The molecule has 1 amide bonds. The molecular weight excluding hydrogens is 466 g/mol. The van der Waals surface area contributed by atoms with Crippen molar-refractivity contribution in [3.05, 3.63) is 62.5 Å². The fraction of sp³-hybridized carbons (Fsp3) is 0.391. The number of benzene rings is 1. The van der Waals surface area contributed by atoms with E-state index in [0.717, 1.165) is 29.9 Å². The molecular formula is C23H24F2N4O4S. The molecule has 2 aromatic heterocycles. The highest BCUT2D eigenvalue weighted by atomic mass is 32.1. The Hall–Kier alpha value is -3.18. The minimum atomic E-state index is -0.738. The lowest BCUT2D eigenvalue weighted by Crippen LogP contribution is -2.49. The first-order valence-corrected chi connectivity index (χ1v) is 11.6. The molecule has 1 aromatic carbocycles. The maximum atomic E-state index is 14.0. The number of amides is 1. The van der Waals surface area contributed by atoms with E-state index in [4.69, 9.17) is 4.74 Å². The van der Waals surface area contributed by atoms with Crippen molar-refractivity contribution in [1.29, 1.82) is 0 Å². The summed E-state index contributed by atoms with van der Waals surface area (Å²) < 4.78 is 34.1. The van der Waals surface area contributed by atoms with Gasteiger partial charge in [-0.3, -0.25) is 9.59 Å². The molecule has 0 spiro atoms. The summed E-state index contributed by atoms with van der Waals surface area (Å²) in [6.07, 6.45) is 2.28. The van der Waals surface area contributed by atoms with Crippen LogP contribution in [0.2, 0.25) is 0 Å². The molecule has 3 aromatic rings. The number of carbonyl (C=O) groups is 1. The van der Waals surface area contributed by atoms with Gasteiger partial charge in [-0.2, -0.15) is 0 Å². The lowest BCUT2D eigenvalue weighted by atomic mass is 10.1. The van der Waals surface area contributed by atoms with Crippen molar-refractivity contribution >= 4 is 17.2 Å². The summed E-state index contributed by atoms with van der Waals surface area (Å²) in [4.78, 5) is 27.8. The maximum Gasteiger partial charge on any atom is 0.274 e. The highest BCUT2D eigenvalue weighted by molar-refractivity contribution is 7.14. The molecule has 1 N–H and O–H groups in total. The normalized spacial score (nSPS) is 16.6. The Bertz CT molecular complexity index is 1290. The SMILES string of the molecule is CC[C@@H](C)N1C[C@H](COC)n2cc(-c3nnc(Cc4ccc(F)cc4F)s3)c(=O)c(O)c2C1=O. The van der Waals surface area contributed by atoms with Gasteiger partial charge in [-0.05, 0) is 25.0 Å². The van der Waals surface area contributed by atoms with Crippen molar-refractivity contribution < 1.29 is 23.4 Å². The van der Waals surface area contributed by atoms with E-state index in [2.05, 4.69) is 10.2 Å². The summed E-state index contributed by atoms with van der Waals surface area (Å²) in [5.41, 5.74) is -0.502. The molecule has 180 valence electrons. The van der Waals surface area contributed by atoms with Crippen molar-refractivity contribution in [2.45, 2.75) is 38.8 Å². The van der Waals surface area contributed by atoms with Crippen LogP contribution in [0.4, 0.5) is 8.78 Å². The molecule has 0 saturated carbocycles. The molecule has 1 aliphatic heterocycles. The quantitative estimate of drug-likeness (QED) is 0.545. The van der Waals surface area contributed by atoms with Crippen molar-refractivity contribution in [3.63, 3.8) is 0 Å². The van der Waals surface area contributed by atoms with Gasteiger partial charge in [-0.15, -0.1) is 10.2 Å². The van der Waals surface area contributed by atoms with Gasteiger partial charge in [0.25, 0.3) is 5.91 Å². The van der Waals surface area contributed by atoms with Gasteiger partial charge in [0.2, 0.25) is 5.43 Å². The van der Waals surface area contributed by atoms with Gasteiger partial charge in [0.05, 0.1) is 18.2 Å². The van der Waals surface area contributed by atoms with E-state index in [1.165, 1.54) is 12.3 Å². The van der Waals surface area contributed by atoms with E-state index in [0.29, 0.717) is 11.6 Å². The molecule has 0 bridgehead atoms. The lowest BCUT2D eigenvalue weighted by Gasteiger charge is -2.39. The van der Waals surface area contributed by atoms with Crippen molar-refractivity contribution in [1.82, 2.24) is 19.7 Å². The van der Waals surface area contributed by atoms with Crippen LogP contribution in [0.1, 0.15) is 47.4 Å². The van der Waals surface area contributed by atoms with E-state index in [1.54, 1.807) is 16.6 Å². The zero-order chi connectivity index (χ0) is 24.6. The number of hydrogen-bond donors (Lipinski definition) is 1. The van der Waals surface area contributed by atoms with Crippen LogP contribution < -0.4 is 5.43 Å². The fourth-order valence-electron chi connectivity index (χ4n) is 3.99. The van der Waals surface area contributed by atoms with Crippen molar-refractivity contribution in [3.8, 4) is 16.3 Å². The molecule has 3 heterocycles. The van der Waals surface area contributed by atoms with Crippen LogP contribution >= 0.6 is 11.3 Å². The van der Waals surface area contributed by atoms with Gasteiger partial charge in [-0.25, -0.2) is 8.78 Å². The molecule has 0 radical (unpaired) electrons. The second-order valence-corrected chi connectivity index (χ2v) is 9.28. The fourth-order valence-corrected chi connectivity index (χ4v) is 4.86. The average Bonchev–Trinajstić information content (AvgIpc) is 3.27. The van der Waals surface area contributed by atoms with Gasteiger partial charge < -0.3 is 19.3 Å². The van der Waals surface area contributed by atoms with Gasteiger partial charge >= 0.3 is 0 Å². The topological polar surface area (TPSA) is 97.6 Å². The number of hydrogen-bond acceptors (Lipinski definition) is 7. The Labute approximate surface area is 198 Å². The Morgan fingerprint density at radius 2 is 2.06 bits per heavy atom.